The van der Waals surface area contributed by atoms with Gasteiger partial charge in [-0.3, -0.25) is 0 Å². The lowest BCUT2D eigenvalue weighted by Gasteiger charge is -2.17. The fourth-order valence-corrected chi connectivity index (χ4v) is 1.98. The highest BCUT2D eigenvalue weighted by Gasteiger charge is 2.21. The van der Waals surface area contributed by atoms with Gasteiger partial charge in [0.25, 0.3) is 0 Å². The van der Waals surface area contributed by atoms with Crippen molar-refractivity contribution in [3.63, 3.8) is 0 Å². The number of hydrogen-bond donors (Lipinski definition) is 2. The van der Waals surface area contributed by atoms with E-state index in [2.05, 4.69) is 5.32 Å². The Morgan fingerprint density at radius 1 is 1.24 bits per heavy atom. The summed E-state index contributed by atoms with van der Waals surface area (Å²) < 4.78 is 26.2. The van der Waals surface area contributed by atoms with Crippen molar-refractivity contribution in [1.82, 2.24) is 5.32 Å². The van der Waals surface area contributed by atoms with E-state index in [4.69, 9.17) is 5.73 Å². The monoisotopic (exact) mass is 240 g/mol. The molecule has 94 valence electrons. The van der Waals surface area contributed by atoms with Gasteiger partial charge in [0, 0.05) is 18.7 Å². The SMILES string of the molecule is NCC(NCCC1CC1)c1cc(F)cc(F)c1. The van der Waals surface area contributed by atoms with Crippen LogP contribution in [0.1, 0.15) is 30.9 Å². The Morgan fingerprint density at radius 2 is 1.88 bits per heavy atom. The van der Waals surface area contributed by atoms with E-state index < -0.39 is 11.6 Å². The van der Waals surface area contributed by atoms with Gasteiger partial charge < -0.3 is 11.1 Å². The molecule has 1 aromatic carbocycles. The first-order valence-electron chi connectivity index (χ1n) is 6.08. The van der Waals surface area contributed by atoms with E-state index >= 15 is 0 Å². The maximum Gasteiger partial charge on any atom is 0.126 e. The van der Waals surface area contributed by atoms with E-state index in [1.807, 2.05) is 0 Å². The van der Waals surface area contributed by atoms with Crippen molar-refractivity contribution < 1.29 is 8.78 Å². The van der Waals surface area contributed by atoms with Crippen molar-refractivity contribution >= 4 is 0 Å². The van der Waals surface area contributed by atoms with E-state index in [-0.39, 0.29) is 6.04 Å². The van der Waals surface area contributed by atoms with Gasteiger partial charge in [-0.15, -0.1) is 0 Å². The Kier molecular flexibility index (Phi) is 4.07. The number of nitrogens with one attached hydrogen (secondary N) is 1. The van der Waals surface area contributed by atoms with Gasteiger partial charge in [0.1, 0.15) is 11.6 Å². The van der Waals surface area contributed by atoms with Crippen molar-refractivity contribution in [2.24, 2.45) is 11.7 Å². The van der Waals surface area contributed by atoms with E-state index in [1.165, 1.54) is 25.0 Å². The summed E-state index contributed by atoms with van der Waals surface area (Å²) in [7, 11) is 0. The quantitative estimate of drug-likeness (QED) is 0.801. The molecule has 0 heterocycles. The molecule has 0 aromatic heterocycles. The van der Waals surface area contributed by atoms with Crippen molar-refractivity contribution in [2.45, 2.75) is 25.3 Å². The van der Waals surface area contributed by atoms with Gasteiger partial charge in [-0.05, 0) is 36.6 Å². The Balaban J connectivity index is 1.94. The average Bonchev–Trinajstić information content (AvgIpc) is 3.06. The molecule has 1 saturated carbocycles. The van der Waals surface area contributed by atoms with Gasteiger partial charge in [-0.2, -0.15) is 0 Å². The summed E-state index contributed by atoms with van der Waals surface area (Å²) in [5.74, 6) is -0.268. The first-order valence-corrected chi connectivity index (χ1v) is 6.08. The van der Waals surface area contributed by atoms with E-state index in [0.29, 0.717) is 12.1 Å². The highest BCUT2D eigenvalue weighted by atomic mass is 19.1. The van der Waals surface area contributed by atoms with E-state index in [9.17, 15) is 8.78 Å². The lowest BCUT2D eigenvalue weighted by molar-refractivity contribution is 0.506. The molecule has 0 bridgehead atoms. The summed E-state index contributed by atoms with van der Waals surface area (Å²) in [6.07, 6.45) is 3.74. The first-order chi connectivity index (χ1) is 8.19. The molecule has 17 heavy (non-hydrogen) atoms. The predicted molar refractivity (Wildman–Crippen MR) is 63.5 cm³/mol. The van der Waals surface area contributed by atoms with Crippen LogP contribution in [0.15, 0.2) is 18.2 Å². The second-order valence-corrected chi connectivity index (χ2v) is 4.68. The number of hydrogen-bond acceptors (Lipinski definition) is 2. The molecular formula is C13H18F2N2. The van der Waals surface area contributed by atoms with Gasteiger partial charge in [-0.1, -0.05) is 12.8 Å². The van der Waals surface area contributed by atoms with Crippen LogP contribution >= 0.6 is 0 Å². The minimum atomic E-state index is -0.553. The molecule has 1 aliphatic rings. The van der Waals surface area contributed by atoms with Gasteiger partial charge >= 0.3 is 0 Å². The Morgan fingerprint density at radius 3 is 2.41 bits per heavy atom. The van der Waals surface area contributed by atoms with Crippen LogP contribution in [-0.2, 0) is 0 Å². The van der Waals surface area contributed by atoms with Crippen LogP contribution in [-0.4, -0.2) is 13.1 Å². The van der Waals surface area contributed by atoms with Gasteiger partial charge in [0.2, 0.25) is 0 Å². The molecule has 0 aliphatic heterocycles. The Bertz CT molecular complexity index is 357. The van der Waals surface area contributed by atoms with Crippen LogP contribution in [0.3, 0.4) is 0 Å². The van der Waals surface area contributed by atoms with Crippen LogP contribution in [0.5, 0.6) is 0 Å². The van der Waals surface area contributed by atoms with Crippen LogP contribution in [0.4, 0.5) is 8.78 Å². The summed E-state index contributed by atoms with van der Waals surface area (Å²) in [5.41, 5.74) is 6.21. The summed E-state index contributed by atoms with van der Waals surface area (Å²) >= 11 is 0. The van der Waals surface area contributed by atoms with Crippen LogP contribution in [0, 0.1) is 17.6 Å². The minimum absolute atomic E-state index is 0.168. The summed E-state index contributed by atoms with van der Waals surface area (Å²) in [6, 6.07) is 3.38. The highest BCUT2D eigenvalue weighted by molar-refractivity contribution is 5.21. The van der Waals surface area contributed by atoms with Crippen molar-refractivity contribution in [1.29, 1.82) is 0 Å². The molecule has 1 fully saturated rings. The lowest BCUT2D eigenvalue weighted by Crippen LogP contribution is -2.29. The molecule has 1 aromatic rings. The highest BCUT2D eigenvalue weighted by Crippen LogP contribution is 2.31. The fourth-order valence-electron chi connectivity index (χ4n) is 1.98. The van der Waals surface area contributed by atoms with Gasteiger partial charge in [0.05, 0.1) is 0 Å². The molecule has 0 radical (unpaired) electrons. The van der Waals surface area contributed by atoms with Gasteiger partial charge in [-0.25, -0.2) is 8.78 Å². The van der Waals surface area contributed by atoms with Crippen LogP contribution in [0.2, 0.25) is 0 Å². The molecule has 1 aliphatic carbocycles. The number of halogens is 2. The molecule has 1 atom stereocenters. The third-order valence-electron chi connectivity index (χ3n) is 3.16. The predicted octanol–water partition coefficient (Wildman–Crippen LogP) is 2.35. The molecule has 0 spiro atoms. The molecule has 0 amide bonds. The first kappa shape index (κ1) is 12.5. The molecule has 0 saturated heterocycles. The maximum atomic E-state index is 13.1. The second kappa shape index (κ2) is 5.56. The largest absolute Gasteiger partial charge is 0.329 e. The normalized spacial score (nSPS) is 17.1. The molecule has 3 N–H and O–H groups in total. The van der Waals surface area contributed by atoms with Gasteiger partial charge in [0.15, 0.2) is 0 Å². The molecule has 2 rings (SSSR count). The molecular weight excluding hydrogens is 222 g/mol. The van der Waals surface area contributed by atoms with Crippen LogP contribution < -0.4 is 11.1 Å². The van der Waals surface area contributed by atoms with Crippen molar-refractivity contribution in [3.8, 4) is 0 Å². The standard InChI is InChI=1S/C13H18F2N2/c14-11-5-10(6-12(15)7-11)13(8-16)17-4-3-9-1-2-9/h5-7,9,13,17H,1-4,8,16H2. The maximum absolute atomic E-state index is 13.1. The topological polar surface area (TPSA) is 38.0 Å². The Labute approximate surface area is 100 Å². The number of benzene rings is 1. The summed E-state index contributed by atoms with van der Waals surface area (Å²) in [4.78, 5) is 0. The molecule has 2 nitrogen and oxygen atoms in total. The summed E-state index contributed by atoms with van der Waals surface area (Å²) in [6.45, 7) is 1.19. The average molecular weight is 240 g/mol. The van der Waals surface area contributed by atoms with E-state index in [1.54, 1.807) is 0 Å². The number of nitrogens with two attached hydrogens (primary N) is 1. The fraction of sp³-hybridized carbons (Fsp3) is 0.538. The molecule has 4 heteroatoms. The van der Waals surface area contributed by atoms with Crippen molar-refractivity contribution in [3.05, 3.63) is 35.4 Å². The zero-order valence-corrected chi connectivity index (χ0v) is 9.76. The zero-order chi connectivity index (χ0) is 12.3. The lowest BCUT2D eigenvalue weighted by atomic mass is 10.1. The zero-order valence-electron chi connectivity index (χ0n) is 9.76. The third-order valence-corrected chi connectivity index (χ3v) is 3.16. The smallest absolute Gasteiger partial charge is 0.126 e. The number of rotatable bonds is 6. The third kappa shape index (κ3) is 3.75. The summed E-state index contributed by atoms with van der Waals surface area (Å²) in [5, 5.41) is 3.25. The van der Waals surface area contributed by atoms with E-state index in [0.717, 1.165) is 24.9 Å². The molecule has 1 unspecified atom stereocenters. The van der Waals surface area contributed by atoms with Crippen LogP contribution in [0.25, 0.3) is 0 Å². The minimum Gasteiger partial charge on any atom is -0.329 e. The van der Waals surface area contributed by atoms with Crippen molar-refractivity contribution in [2.75, 3.05) is 13.1 Å². The second-order valence-electron chi connectivity index (χ2n) is 4.68. The Hall–Kier alpha value is -1.00.